The molecule has 0 heterocycles. The number of nitrogens with zero attached hydrogens (tertiary/aromatic N) is 1. The Morgan fingerprint density at radius 2 is 1.86 bits per heavy atom. The first-order valence-electron chi connectivity index (χ1n) is 4.95. The van der Waals surface area contributed by atoms with E-state index in [9.17, 15) is 4.79 Å². The maximum atomic E-state index is 10.3. The second kappa shape index (κ2) is 8.93. The fraction of sp³-hybridized carbons (Fsp3) is 0.889. The summed E-state index contributed by atoms with van der Waals surface area (Å²) in [6, 6.07) is 0. The minimum absolute atomic E-state index is 0.109. The molecule has 0 aliphatic carbocycles. The molecule has 0 aromatic carbocycles. The van der Waals surface area contributed by atoms with Gasteiger partial charge in [0.25, 0.3) is 0 Å². The molecule has 0 spiro atoms. The van der Waals surface area contributed by atoms with E-state index in [1.807, 2.05) is 4.90 Å². The Kier molecular flexibility index (Phi) is 8.51. The summed E-state index contributed by atoms with van der Waals surface area (Å²) >= 11 is 0. The number of carboxylic acids is 1. The lowest BCUT2D eigenvalue weighted by Crippen LogP contribution is -2.30. The van der Waals surface area contributed by atoms with Crippen LogP contribution in [0.25, 0.3) is 0 Å². The number of carboxylic acid groups (broad SMARTS) is 1. The maximum Gasteiger partial charge on any atom is 0.303 e. The summed E-state index contributed by atoms with van der Waals surface area (Å²) in [7, 11) is 0. The fourth-order valence-electron chi connectivity index (χ4n) is 1.25. The van der Waals surface area contributed by atoms with Crippen LogP contribution in [0.2, 0.25) is 0 Å². The maximum absolute atomic E-state index is 10.3. The minimum atomic E-state index is -0.771. The molecule has 0 aromatic heterocycles. The second-order valence-electron chi connectivity index (χ2n) is 3.20. The van der Waals surface area contributed by atoms with E-state index in [0.717, 1.165) is 13.0 Å². The summed E-state index contributed by atoms with van der Waals surface area (Å²) in [6.45, 7) is 2.88. The first-order valence-corrected chi connectivity index (χ1v) is 4.95. The van der Waals surface area contributed by atoms with Crippen LogP contribution in [-0.2, 0) is 4.79 Å². The van der Waals surface area contributed by atoms with Crippen LogP contribution >= 0.6 is 0 Å². The Hall–Kier alpha value is -0.650. The number of aliphatic hydroxyl groups excluding tert-OH is 1. The lowest BCUT2D eigenvalue weighted by atomic mass is 10.2. The van der Waals surface area contributed by atoms with Crippen molar-refractivity contribution in [2.75, 3.05) is 32.8 Å². The molecular weight excluding hydrogens is 184 g/mol. The Morgan fingerprint density at radius 1 is 1.21 bits per heavy atom. The highest BCUT2D eigenvalue weighted by molar-refractivity contribution is 5.66. The van der Waals surface area contributed by atoms with Gasteiger partial charge in [-0.05, 0) is 32.5 Å². The van der Waals surface area contributed by atoms with Crippen LogP contribution in [0.5, 0.6) is 0 Å². The van der Waals surface area contributed by atoms with E-state index in [0.29, 0.717) is 26.1 Å². The largest absolute Gasteiger partial charge is 0.481 e. The third kappa shape index (κ3) is 7.97. The molecule has 0 amide bonds. The molecule has 0 saturated heterocycles. The van der Waals surface area contributed by atoms with Crippen LogP contribution < -0.4 is 5.73 Å². The van der Waals surface area contributed by atoms with Crippen LogP contribution in [-0.4, -0.2) is 53.9 Å². The van der Waals surface area contributed by atoms with E-state index in [1.54, 1.807) is 0 Å². The van der Waals surface area contributed by atoms with Gasteiger partial charge >= 0.3 is 5.97 Å². The lowest BCUT2D eigenvalue weighted by Gasteiger charge is -2.20. The number of hydrogen-bond acceptors (Lipinski definition) is 4. The summed E-state index contributed by atoms with van der Waals surface area (Å²) in [4.78, 5) is 12.3. The predicted molar refractivity (Wildman–Crippen MR) is 54.1 cm³/mol. The standard InChI is InChI=1S/C9H20N2O3/c10-4-2-6-11(7-8-12)5-1-3-9(13)14/h12H,1-8,10H2,(H,13,14). The quantitative estimate of drug-likeness (QED) is 0.471. The smallest absolute Gasteiger partial charge is 0.303 e. The minimum Gasteiger partial charge on any atom is -0.481 e. The number of aliphatic hydroxyl groups is 1. The van der Waals surface area contributed by atoms with E-state index in [4.69, 9.17) is 15.9 Å². The van der Waals surface area contributed by atoms with E-state index >= 15 is 0 Å². The Labute approximate surface area is 84.5 Å². The zero-order valence-corrected chi connectivity index (χ0v) is 8.48. The third-order valence-electron chi connectivity index (χ3n) is 1.96. The summed E-state index contributed by atoms with van der Waals surface area (Å²) in [6.07, 6.45) is 1.69. The first-order chi connectivity index (χ1) is 6.70. The van der Waals surface area contributed by atoms with Gasteiger partial charge in [0.2, 0.25) is 0 Å². The summed E-state index contributed by atoms with van der Waals surface area (Å²) in [5.41, 5.74) is 5.37. The predicted octanol–water partition coefficient (Wildman–Crippen LogP) is -0.506. The van der Waals surface area contributed by atoms with Gasteiger partial charge in [-0.3, -0.25) is 4.79 Å². The molecular formula is C9H20N2O3. The Morgan fingerprint density at radius 3 is 2.36 bits per heavy atom. The molecule has 0 saturated carbocycles. The number of carbonyl (C=O) groups is 1. The van der Waals surface area contributed by atoms with Gasteiger partial charge in [0.05, 0.1) is 6.61 Å². The van der Waals surface area contributed by atoms with Gasteiger partial charge in [-0.1, -0.05) is 0 Å². The van der Waals surface area contributed by atoms with Crippen molar-refractivity contribution >= 4 is 5.97 Å². The Bertz CT molecular complexity index is 153. The van der Waals surface area contributed by atoms with E-state index in [1.165, 1.54) is 0 Å². The normalized spacial score (nSPS) is 10.8. The van der Waals surface area contributed by atoms with Crippen LogP contribution in [0.15, 0.2) is 0 Å². The van der Waals surface area contributed by atoms with Gasteiger partial charge in [-0.25, -0.2) is 0 Å². The summed E-state index contributed by atoms with van der Waals surface area (Å²) in [5, 5.41) is 17.2. The Balaban J connectivity index is 3.55. The highest BCUT2D eigenvalue weighted by Crippen LogP contribution is 1.96. The van der Waals surface area contributed by atoms with Crippen LogP contribution in [0.3, 0.4) is 0 Å². The van der Waals surface area contributed by atoms with E-state index in [2.05, 4.69) is 0 Å². The van der Waals surface area contributed by atoms with Crippen molar-refractivity contribution in [3.63, 3.8) is 0 Å². The van der Waals surface area contributed by atoms with Crippen molar-refractivity contribution in [2.45, 2.75) is 19.3 Å². The van der Waals surface area contributed by atoms with Crippen molar-refractivity contribution in [2.24, 2.45) is 5.73 Å². The van der Waals surface area contributed by atoms with Gasteiger partial charge in [-0.15, -0.1) is 0 Å². The van der Waals surface area contributed by atoms with Crippen molar-refractivity contribution in [3.05, 3.63) is 0 Å². The lowest BCUT2D eigenvalue weighted by molar-refractivity contribution is -0.137. The fourth-order valence-corrected chi connectivity index (χ4v) is 1.25. The zero-order chi connectivity index (χ0) is 10.8. The molecule has 14 heavy (non-hydrogen) atoms. The van der Waals surface area contributed by atoms with E-state index in [-0.39, 0.29) is 13.0 Å². The molecule has 5 heteroatoms. The monoisotopic (exact) mass is 204 g/mol. The van der Waals surface area contributed by atoms with Gasteiger partial charge in [-0.2, -0.15) is 0 Å². The van der Waals surface area contributed by atoms with Crippen LogP contribution in [0, 0.1) is 0 Å². The molecule has 0 unspecified atom stereocenters. The zero-order valence-electron chi connectivity index (χ0n) is 8.48. The molecule has 5 nitrogen and oxygen atoms in total. The van der Waals surface area contributed by atoms with E-state index < -0.39 is 5.97 Å². The van der Waals surface area contributed by atoms with Crippen molar-refractivity contribution < 1.29 is 15.0 Å². The molecule has 0 aliphatic rings. The van der Waals surface area contributed by atoms with Crippen LogP contribution in [0.1, 0.15) is 19.3 Å². The molecule has 0 rings (SSSR count). The number of aliphatic carboxylic acids is 1. The molecule has 0 fully saturated rings. The molecule has 0 atom stereocenters. The summed E-state index contributed by atoms with van der Waals surface area (Å²) < 4.78 is 0. The van der Waals surface area contributed by atoms with Gasteiger partial charge in [0, 0.05) is 13.0 Å². The molecule has 0 radical (unpaired) electrons. The molecule has 84 valence electrons. The highest BCUT2D eigenvalue weighted by atomic mass is 16.4. The van der Waals surface area contributed by atoms with Gasteiger partial charge in [0.1, 0.15) is 0 Å². The SMILES string of the molecule is NCCCN(CCO)CCCC(=O)O. The van der Waals surface area contributed by atoms with Crippen molar-refractivity contribution in [3.8, 4) is 0 Å². The molecule has 0 aromatic rings. The number of hydrogen-bond donors (Lipinski definition) is 3. The second-order valence-corrected chi connectivity index (χ2v) is 3.20. The van der Waals surface area contributed by atoms with Gasteiger partial charge < -0.3 is 20.8 Å². The number of rotatable bonds is 9. The average molecular weight is 204 g/mol. The molecule has 4 N–H and O–H groups in total. The molecule has 0 bridgehead atoms. The molecule has 0 aliphatic heterocycles. The first kappa shape index (κ1) is 13.4. The highest BCUT2D eigenvalue weighted by Gasteiger charge is 2.04. The average Bonchev–Trinajstić information content (AvgIpc) is 2.13. The van der Waals surface area contributed by atoms with Gasteiger partial charge in [0.15, 0.2) is 0 Å². The van der Waals surface area contributed by atoms with Crippen LogP contribution in [0.4, 0.5) is 0 Å². The topological polar surface area (TPSA) is 86.8 Å². The number of nitrogens with two attached hydrogens (primary N) is 1. The van der Waals surface area contributed by atoms with Crippen molar-refractivity contribution in [1.82, 2.24) is 4.90 Å². The summed E-state index contributed by atoms with van der Waals surface area (Å²) in [5.74, 6) is -0.771. The van der Waals surface area contributed by atoms with Crippen molar-refractivity contribution in [1.29, 1.82) is 0 Å². The third-order valence-corrected chi connectivity index (χ3v) is 1.96.